The molecular weight excluding hydrogens is 252 g/mol. The fourth-order valence-corrected chi connectivity index (χ4v) is 2.21. The van der Waals surface area contributed by atoms with E-state index in [0.717, 1.165) is 43.6 Å². The van der Waals surface area contributed by atoms with E-state index in [9.17, 15) is 0 Å². The first-order valence-corrected chi connectivity index (χ1v) is 7.35. The molecule has 4 nitrogen and oxygen atoms in total. The molecule has 0 spiro atoms. The number of nitrogens with zero attached hydrogens (tertiary/aromatic N) is 1. The summed E-state index contributed by atoms with van der Waals surface area (Å²) in [7, 11) is 5.52. The van der Waals surface area contributed by atoms with Crippen molar-refractivity contribution in [2.75, 3.05) is 40.9 Å². The molecule has 2 rings (SSSR count). The van der Waals surface area contributed by atoms with Crippen LogP contribution in [0, 0.1) is 0 Å². The van der Waals surface area contributed by atoms with Gasteiger partial charge in [-0.25, -0.2) is 0 Å². The van der Waals surface area contributed by atoms with Gasteiger partial charge in [0.05, 0.1) is 14.2 Å². The van der Waals surface area contributed by atoms with Crippen LogP contribution in [0.5, 0.6) is 11.5 Å². The second-order valence-electron chi connectivity index (χ2n) is 5.47. The van der Waals surface area contributed by atoms with Crippen LogP contribution in [0.25, 0.3) is 0 Å². The molecule has 112 valence electrons. The van der Waals surface area contributed by atoms with Gasteiger partial charge in [-0.15, -0.1) is 0 Å². The van der Waals surface area contributed by atoms with Crippen LogP contribution in [0.15, 0.2) is 18.2 Å². The summed E-state index contributed by atoms with van der Waals surface area (Å²) in [5.41, 5.74) is 1.28. The smallest absolute Gasteiger partial charge is 0.160 e. The number of hydrogen-bond acceptors (Lipinski definition) is 4. The van der Waals surface area contributed by atoms with Crippen molar-refractivity contribution in [3.8, 4) is 11.5 Å². The van der Waals surface area contributed by atoms with Gasteiger partial charge in [-0.2, -0.15) is 0 Å². The van der Waals surface area contributed by atoms with Gasteiger partial charge in [0.15, 0.2) is 11.5 Å². The van der Waals surface area contributed by atoms with Crippen LogP contribution in [0.3, 0.4) is 0 Å². The van der Waals surface area contributed by atoms with Crippen molar-refractivity contribution in [3.05, 3.63) is 23.8 Å². The third kappa shape index (κ3) is 4.69. The van der Waals surface area contributed by atoms with Crippen LogP contribution in [0.4, 0.5) is 0 Å². The molecular formula is C16H26N2O2. The van der Waals surface area contributed by atoms with Crippen molar-refractivity contribution in [3.63, 3.8) is 0 Å². The summed E-state index contributed by atoms with van der Waals surface area (Å²) in [6, 6.07) is 6.95. The number of ether oxygens (including phenoxy) is 2. The van der Waals surface area contributed by atoms with Gasteiger partial charge < -0.3 is 19.7 Å². The third-order valence-corrected chi connectivity index (χ3v) is 3.73. The van der Waals surface area contributed by atoms with E-state index >= 15 is 0 Å². The van der Waals surface area contributed by atoms with Crippen molar-refractivity contribution in [2.24, 2.45) is 0 Å². The second kappa shape index (κ2) is 7.50. The molecule has 1 fully saturated rings. The van der Waals surface area contributed by atoms with Gasteiger partial charge in [0.2, 0.25) is 0 Å². The van der Waals surface area contributed by atoms with E-state index in [0.29, 0.717) is 0 Å². The lowest BCUT2D eigenvalue weighted by atomic mass is 10.1. The first-order valence-electron chi connectivity index (χ1n) is 7.35. The van der Waals surface area contributed by atoms with Crippen molar-refractivity contribution < 1.29 is 9.47 Å². The van der Waals surface area contributed by atoms with Crippen LogP contribution >= 0.6 is 0 Å². The van der Waals surface area contributed by atoms with Gasteiger partial charge >= 0.3 is 0 Å². The van der Waals surface area contributed by atoms with Crippen LogP contribution in [-0.4, -0.2) is 51.8 Å². The highest BCUT2D eigenvalue weighted by atomic mass is 16.5. The Morgan fingerprint density at radius 2 is 1.90 bits per heavy atom. The Morgan fingerprint density at radius 1 is 1.15 bits per heavy atom. The highest BCUT2D eigenvalue weighted by Gasteiger charge is 2.19. The Morgan fingerprint density at radius 3 is 2.55 bits per heavy atom. The average molecular weight is 278 g/mol. The topological polar surface area (TPSA) is 33.7 Å². The molecule has 1 N–H and O–H groups in total. The van der Waals surface area contributed by atoms with Gasteiger partial charge in [0, 0.05) is 25.7 Å². The Hall–Kier alpha value is -1.26. The van der Waals surface area contributed by atoms with Gasteiger partial charge in [0.1, 0.15) is 0 Å². The van der Waals surface area contributed by atoms with E-state index in [1.807, 2.05) is 6.07 Å². The molecule has 1 aromatic rings. The number of likely N-dealkylation sites (N-methyl/N-ethyl adjacent to an activating group) is 1. The highest BCUT2D eigenvalue weighted by molar-refractivity contribution is 5.42. The lowest BCUT2D eigenvalue weighted by Crippen LogP contribution is -2.31. The molecule has 0 atom stereocenters. The van der Waals surface area contributed by atoms with Gasteiger partial charge in [-0.1, -0.05) is 6.07 Å². The first-order chi connectivity index (χ1) is 9.72. The molecule has 0 aromatic heterocycles. The Balaban J connectivity index is 1.74. The number of nitrogens with one attached hydrogen (secondary N) is 1. The molecule has 0 unspecified atom stereocenters. The Bertz CT molecular complexity index is 419. The number of hydrogen-bond donors (Lipinski definition) is 1. The third-order valence-electron chi connectivity index (χ3n) is 3.73. The number of methoxy groups -OCH3 is 2. The van der Waals surface area contributed by atoms with Crippen LogP contribution in [-0.2, 0) is 6.42 Å². The fraction of sp³-hybridized carbons (Fsp3) is 0.625. The summed E-state index contributed by atoms with van der Waals surface area (Å²) in [6.45, 7) is 3.25. The molecule has 1 aromatic carbocycles. The predicted molar refractivity (Wildman–Crippen MR) is 81.8 cm³/mol. The normalized spacial score (nSPS) is 14.6. The summed E-state index contributed by atoms with van der Waals surface area (Å²) in [4.78, 5) is 2.37. The van der Waals surface area contributed by atoms with E-state index in [1.165, 1.54) is 18.4 Å². The quantitative estimate of drug-likeness (QED) is 0.748. The molecule has 0 bridgehead atoms. The maximum absolute atomic E-state index is 5.33. The van der Waals surface area contributed by atoms with Crippen molar-refractivity contribution >= 4 is 0 Å². The highest BCUT2D eigenvalue weighted by Crippen LogP contribution is 2.27. The van der Waals surface area contributed by atoms with Crippen LogP contribution in [0.1, 0.15) is 18.4 Å². The summed E-state index contributed by atoms with van der Waals surface area (Å²) in [5, 5.41) is 3.54. The second-order valence-corrected chi connectivity index (χ2v) is 5.47. The molecule has 1 aliphatic carbocycles. The lowest BCUT2D eigenvalue weighted by Gasteiger charge is -2.17. The van der Waals surface area contributed by atoms with E-state index < -0.39 is 0 Å². The predicted octanol–water partition coefficient (Wildman–Crippen LogP) is 1.93. The summed E-state index contributed by atoms with van der Waals surface area (Å²) < 4.78 is 10.6. The van der Waals surface area contributed by atoms with Gasteiger partial charge in [0.25, 0.3) is 0 Å². The van der Waals surface area contributed by atoms with Crippen molar-refractivity contribution in [2.45, 2.75) is 25.3 Å². The Kier molecular flexibility index (Phi) is 5.68. The standard InChI is InChI=1S/C16H26N2O2/c1-18(11-9-17-14-5-6-14)10-8-13-4-7-15(19-2)16(12-13)20-3/h4,7,12,14,17H,5-6,8-11H2,1-3H3. The molecule has 0 aliphatic heterocycles. The van der Waals surface area contributed by atoms with E-state index in [4.69, 9.17) is 9.47 Å². The molecule has 20 heavy (non-hydrogen) atoms. The minimum atomic E-state index is 0.790. The largest absolute Gasteiger partial charge is 0.493 e. The number of rotatable bonds is 9. The van der Waals surface area contributed by atoms with Gasteiger partial charge in [-0.3, -0.25) is 0 Å². The summed E-state index contributed by atoms with van der Waals surface area (Å²) in [6.07, 6.45) is 3.74. The zero-order valence-electron chi connectivity index (χ0n) is 12.8. The van der Waals surface area contributed by atoms with Crippen LogP contribution in [0.2, 0.25) is 0 Å². The molecule has 1 saturated carbocycles. The number of benzene rings is 1. The maximum atomic E-state index is 5.33. The molecule has 4 heteroatoms. The molecule has 1 aliphatic rings. The van der Waals surface area contributed by atoms with E-state index in [1.54, 1.807) is 14.2 Å². The monoisotopic (exact) mass is 278 g/mol. The average Bonchev–Trinajstić information content (AvgIpc) is 3.29. The first kappa shape index (κ1) is 15.1. The summed E-state index contributed by atoms with van der Waals surface area (Å²) >= 11 is 0. The molecule has 0 heterocycles. The minimum Gasteiger partial charge on any atom is -0.493 e. The van der Waals surface area contributed by atoms with Crippen molar-refractivity contribution in [1.82, 2.24) is 10.2 Å². The van der Waals surface area contributed by atoms with Crippen molar-refractivity contribution in [1.29, 1.82) is 0 Å². The maximum Gasteiger partial charge on any atom is 0.160 e. The molecule has 0 radical (unpaired) electrons. The molecule has 0 amide bonds. The van der Waals surface area contributed by atoms with Gasteiger partial charge in [-0.05, 0) is 44.0 Å². The van der Waals surface area contributed by atoms with E-state index in [2.05, 4.69) is 29.4 Å². The Labute approximate surface area is 122 Å². The molecule has 0 saturated heterocycles. The minimum absolute atomic E-state index is 0.790. The zero-order valence-corrected chi connectivity index (χ0v) is 12.8. The zero-order chi connectivity index (χ0) is 14.4. The fourth-order valence-electron chi connectivity index (χ4n) is 2.21. The lowest BCUT2D eigenvalue weighted by molar-refractivity contribution is 0.334. The summed E-state index contributed by atoms with van der Waals surface area (Å²) in [5.74, 6) is 1.60. The SMILES string of the molecule is COc1ccc(CCN(C)CCNC2CC2)cc1OC. The van der Waals surface area contributed by atoms with Crippen LogP contribution < -0.4 is 14.8 Å². The van der Waals surface area contributed by atoms with E-state index in [-0.39, 0.29) is 0 Å².